The van der Waals surface area contributed by atoms with Crippen LogP contribution in [0.3, 0.4) is 0 Å². The van der Waals surface area contributed by atoms with Crippen molar-refractivity contribution < 1.29 is 9.53 Å². The normalized spacial score (nSPS) is 11.8. The Balaban J connectivity index is 1.68. The van der Waals surface area contributed by atoms with Gasteiger partial charge in [-0.25, -0.2) is 4.98 Å². The number of rotatable bonds is 5. The van der Waals surface area contributed by atoms with Crippen molar-refractivity contribution in [3.63, 3.8) is 0 Å². The van der Waals surface area contributed by atoms with Gasteiger partial charge in [0.25, 0.3) is 5.91 Å². The summed E-state index contributed by atoms with van der Waals surface area (Å²) in [7, 11) is 0. The predicted molar refractivity (Wildman–Crippen MR) is 121 cm³/mol. The minimum Gasteiger partial charge on any atom is -0.483 e. The highest BCUT2D eigenvalue weighted by atomic mass is 79.9. The summed E-state index contributed by atoms with van der Waals surface area (Å²) in [6, 6.07) is 12.1. The van der Waals surface area contributed by atoms with E-state index in [2.05, 4.69) is 73.0 Å². The van der Waals surface area contributed by atoms with E-state index in [0.29, 0.717) is 11.0 Å². The third-order valence-electron chi connectivity index (χ3n) is 4.45. The summed E-state index contributed by atoms with van der Waals surface area (Å²) in [6.07, 6.45) is 0. The maximum absolute atomic E-state index is 12.4. The number of fused-ring (bicyclic) bond motifs is 1. The van der Waals surface area contributed by atoms with Crippen LogP contribution in [-0.2, 0) is 10.2 Å². The number of anilines is 1. The number of aromatic nitrogens is 1. The van der Waals surface area contributed by atoms with E-state index in [0.717, 1.165) is 26.0 Å². The lowest BCUT2D eigenvalue weighted by atomic mass is 9.87. The molecule has 0 saturated heterocycles. The molecule has 1 heterocycles. The number of benzene rings is 2. The molecular weight excluding hydrogens is 436 g/mol. The van der Waals surface area contributed by atoms with Crippen molar-refractivity contribution in [3.8, 4) is 5.75 Å². The first kappa shape index (κ1) is 20.8. The standard InChI is InChI=1S/C22H25BrN2O2S/c1-13(2)16-11-15(23)7-9-18(16)27-12-20(26)25-21-24-17-8-6-14(22(3,4)5)10-19(17)28-21/h6-11,13H,12H2,1-5H3,(H,24,25,26). The zero-order valence-corrected chi connectivity index (χ0v) is 19.2. The van der Waals surface area contributed by atoms with Gasteiger partial charge in [0, 0.05) is 4.47 Å². The van der Waals surface area contributed by atoms with Crippen molar-refractivity contribution in [1.82, 2.24) is 4.98 Å². The number of thiazole rings is 1. The number of nitrogens with one attached hydrogen (secondary N) is 1. The Kier molecular flexibility index (Phi) is 6.10. The molecule has 0 aliphatic rings. The lowest BCUT2D eigenvalue weighted by molar-refractivity contribution is -0.118. The molecule has 3 aromatic rings. The van der Waals surface area contributed by atoms with Gasteiger partial charge in [-0.2, -0.15) is 0 Å². The van der Waals surface area contributed by atoms with Crippen LogP contribution in [0.25, 0.3) is 10.2 Å². The van der Waals surface area contributed by atoms with Crippen molar-refractivity contribution in [3.05, 3.63) is 52.0 Å². The molecule has 148 valence electrons. The summed E-state index contributed by atoms with van der Waals surface area (Å²) in [5.74, 6) is 0.817. The predicted octanol–water partition coefficient (Wildman–Crippen LogP) is 6.50. The molecule has 4 nitrogen and oxygen atoms in total. The zero-order chi connectivity index (χ0) is 20.5. The third-order valence-corrected chi connectivity index (χ3v) is 5.88. The molecule has 0 radical (unpaired) electrons. The van der Waals surface area contributed by atoms with Crippen LogP contribution >= 0.6 is 27.3 Å². The van der Waals surface area contributed by atoms with Gasteiger partial charge in [-0.3, -0.25) is 10.1 Å². The highest BCUT2D eigenvalue weighted by molar-refractivity contribution is 9.10. The molecule has 0 fully saturated rings. The summed E-state index contributed by atoms with van der Waals surface area (Å²) < 4.78 is 7.83. The topological polar surface area (TPSA) is 51.2 Å². The van der Waals surface area contributed by atoms with Crippen molar-refractivity contribution in [2.75, 3.05) is 11.9 Å². The lowest BCUT2D eigenvalue weighted by Crippen LogP contribution is -2.20. The highest BCUT2D eigenvalue weighted by Gasteiger charge is 2.16. The largest absolute Gasteiger partial charge is 0.483 e. The molecule has 1 aromatic heterocycles. The van der Waals surface area contributed by atoms with E-state index in [1.165, 1.54) is 16.9 Å². The fourth-order valence-electron chi connectivity index (χ4n) is 2.85. The van der Waals surface area contributed by atoms with E-state index in [1.54, 1.807) is 0 Å². The summed E-state index contributed by atoms with van der Waals surface area (Å²) in [4.78, 5) is 16.9. The summed E-state index contributed by atoms with van der Waals surface area (Å²) >= 11 is 4.96. The number of ether oxygens (including phenoxy) is 1. The van der Waals surface area contributed by atoms with Gasteiger partial charge < -0.3 is 4.74 Å². The molecular formula is C22H25BrN2O2S. The number of hydrogen-bond acceptors (Lipinski definition) is 4. The van der Waals surface area contributed by atoms with Crippen LogP contribution in [0.5, 0.6) is 5.75 Å². The van der Waals surface area contributed by atoms with Crippen LogP contribution in [0.1, 0.15) is 51.7 Å². The molecule has 0 bridgehead atoms. The lowest BCUT2D eigenvalue weighted by Gasteiger charge is -2.18. The van der Waals surface area contributed by atoms with Gasteiger partial charge in [-0.1, -0.05) is 68.0 Å². The van der Waals surface area contributed by atoms with Crippen LogP contribution in [0.15, 0.2) is 40.9 Å². The van der Waals surface area contributed by atoms with Crippen LogP contribution in [0.2, 0.25) is 0 Å². The highest BCUT2D eigenvalue weighted by Crippen LogP contribution is 2.32. The van der Waals surface area contributed by atoms with Crippen LogP contribution in [-0.4, -0.2) is 17.5 Å². The Labute approximate surface area is 178 Å². The monoisotopic (exact) mass is 460 g/mol. The average Bonchev–Trinajstić information content (AvgIpc) is 3.01. The minimum absolute atomic E-state index is 0.0511. The van der Waals surface area contributed by atoms with Crippen molar-refractivity contribution in [2.24, 2.45) is 0 Å². The number of carbonyl (C=O) groups excluding carboxylic acids is 1. The molecule has 3 rings (SSSR count). The molecule has 0 saturated carbocycles. The number of halogens is 1. The van der Waals surface area contributed by atoms with Crippen molar-refractivity contribution >= 4 is 48.5 Å². The van der Waals surface area contributed by atoms with E-state index in [9.17, 15) is 4.79 Å². The van der Waals surface area contributed by atoms with Crippen LogP contribution in [0, 0.1) is 0 Å². The maximum Gasteiger partial charge on any atom is 0.264 e. The van der Waals surface area contributed by atoms with E-state index >= 15 is 0 Å². The minimum atomic E-state index is -0.215. The average molecular weight is 461 g/mol. The second kappa shape index (κ2) is 8.21. The van der Waals surface area contributed by atoms with E-state index in [1.807, 2.05) is 24.3 Å². The number of hydrogen-bond donors (Lipinski definition) is 1. The van der Waals surface area contributed by atoms with Gasteiger partial charge in [-0.05, 0) is 52.8 Å². The first-order valence-corrected chi connectivity index (χ1v) is 10.9. The number of carbonyl (C=O) groups is 1. The van der Waals surface area contributed by atoms with Gasteiger partial charge in [0.15, 0.2) is 11.7 Å². The van der Waals surface area contributed by atoms with Gasteiger partial charge >= 0.3 is 0 Å². The molecule has 1 N–H and O–H groups in total. The third kappa shape index (κ3) is 4.92. The molecule has 1 amide bonds. The molecule has 0 atom stereocenters. The van der Waals surface area contributed by atoms with E-state index in [-0.39, 0.29) is 17.9 Å². The Morgan fingerprint density at radius 1 is 1.21 bits per heavy atom. The van der Waals surface area contributed by atoms with Gasteiger partial charge in [0.2, 0.25) is 0 Å². The first-order valence-electron chi connectivity index (χ1n) is 9.26. The Morgan fingerprint density at radius 3 is 2.64 bits per heavy atom. The fourth-order valence-corrected chi connectivity index (χ4v) is 4.15. The summed E-state index contributed by atoms with van der Waals surface area (Å²) in [5, 5.41) is 3.45. The summed E-state index contributed by atoms with van der Waals surface area (Å²) in [5.41, 5.74) is 3.29. The van der Waals surface area contributed by atoms with E-state index < -0.39 is 0 Å². The number of amides is 1. The second-order valence-electron chi connectivity index (χ2n) is 8.13. The first-order chi connectivity index (χ1) is 13.1. The van der Waals surface area contributed by atoms with Crippen LogP contribution in [0.4, 0.5) is 5.13 Å². The molecule has 0 aliphatic carbocycles. The zero-order valence-electron chi connectivity index (χ0n) is 16.8. The fraction of sp³-hybridized carbons (Fsp3) is 0.364. The quantitative estimate of drug-likeness (QED) is 0.472. The smallest absolute Gasteiger partial charge is 0.264 e. The maximum atomic E-state index is 12.4. The molecule has 0 aliphatic heterocycles. The molecule has 2 aromatic carbocycles. The molecule has 28 heavy (non-hydrogen) atoms. The second-order valence-corrected chi connectivity index (χ2v) is 10.1. The van der Waals surface area contributed by atoms with Gasteiger partial charge in [-0.15, -0.1) is 0 Å². The number of nitrogens with zero attached hydrogens (tertiary/aromatic N) is 1. The SMILES string of the molecule is CC(C)c1cc(Br)ccc1OCC(=O)Nc1nc2ccc(C(C)(C)C)cc2s1. The van der Waals surface area contributed by atoms with Gasteiger partial charge in [0.1, 0.15) is 5.75 Å². The Hall–Kier alpha value is -1.92. The Morgan fingerprint density at radius 2 is 1.96 bits per heavy atom. The van der Waals surface area contributed by atoms with E-state index in [4.69, 9.17) is 4.74 Å². The van der Waals surface area contributed by atoms with Gasteiger partial charge in [0.05, 0.1) is 10.2 Å². The Bertz CT molecular complexity index is 1010. The molecule has 0 unspecified atom stereocenters. The van der Waals surface area contributed by atoms with Crippen molar-refractivity contribution in [1.29, 1.82) is 0 Å². The van der Waals surface area contributed by atoms with Crippen molar-refractivity contribution in [2.45, 2.75) is 46.0 Å². The van der Waals surface area contributed by atoms with Crippen LogP contribution < -0.4 is 10.1 Å². The molecule has 6 heteroatoms. The summed E-state index contributed by atoms with van der Waals surface area (Å²) in [6.45, 7) is 10.7. The molecule has 0 spiro atoms.